The Labute approximate surface area is 210 Å². The number of hydrogen-bond acceptors (Lipinski definition) is 6. The molecule has 0 aliphatic rings. The lowest BCUT2D eigenvalue weighted by Gasteiger charge is -2.22. The van der Waals surface area contributed by atoms with E-state index in [2.05, 4.69) is 15.6 Å². The van der Waals surface area contributed by atoms with Gasteiger partial charge in [0.1, 0.15) is 18.7 Å². The van der Waals surface area contributed by atoms with Crippen LogP contribution in [0.15, 0.2) is 65.7 Å². The zero-order valence-electron chi connectivity index (χ0n) is 19.5. The summed E-state index contributed by atoms with van der Waals surface area (Å²) in [5, 5.41) is 5.26. The highest BCUT2D eigenvalue weighted by Crippen LogP contribution is 2.07. The number of nitrogens with zero attached hydrogens (tertiary/aromatic N) is 1. The minimum Gasteiger partial charge on any atom is -0.467 e. The van der Waals surface area contributed by atoms with Gasteiger partial charge in [0.05, 0.1) is 7.11 Å². The predicted molar refractivity (Wildman–Crippen MR) is 135 cm³/mol. The fourth-order valence-corrected chi connectivity index (χ4v) is 3.13. The molecule has 35 heavy (non-hydrogen) atoms. The van der Waals surface area contributed by atoms with Crippen molar-refractivity contribution >= 4 is 36.3 Å². The van der Waals surface area contributed by atoms with Gasteiger partial charge in [0.15, 0.2) is 5.96 Å². The van der Waals surface area contributed by atoms with E-state index in [1.807, 2.05) is 60.7 Å². The van der Waals surface area contributed by atoms with E-state index in [1.54, 1.807) is 0 Å². The lowest BCUT2D eigenvalue weighted by molar-refractivity contribution is -0.145. The van der Waals surface area contributed by atoms with Gasteiger partial charge in [-0.1, -0.05) is 60.7 Å². The van der Waals surface area contributed by atoms with E-state index in [9.17, 15) is 14.4 Å². The summed E-state index contributed by atoms with van der Waals surface area (Å²) in [6, 6.07) is 16.5. The number of alkyl carbamates (subject to hydrolysis) is 1. The number of guanidine groups is 1. The average molecular weight is 506 g/mol. The van der Waals surface area contributed by atoms with Crippen molar-refractivity contribution in [2.45, 2.75) is 38.0 Å². The highest BCUT2D eigenvalue weighted by Gasteiger charge is 2.27. The molecule has 2 unspecified atom stereocenters. The van der Waals surface area contributed by atoms with Crippen LogP contribution in [0.4, 0.5) is 4.79 Å². The lowest BCUT2D eigenvalue weighted by atomic mass is 10.0. The third-order valence-electron chi connectivity index (χ3n) is 4.85. The Balaban J connectivity index is 0.00000612. The summed E-state index contributed by atoms with van der Waals surface area (Å²) in [7, 11) is 1.23. The molecule has 0 aliphatic heterocycles. The number of nitrogens with two attached hydrogens (primary N) is 2. The first-order chi connectivity index (χ1) is 16.4. The zero-order chi connectivity index (χ0) is 24.8. The van der Waals surface area contributed by atoms with Crippen molar-refractivity contribution in [2.75, 3.05) is 13.7 Å². The molecular formula is C24H32ClN5O5. The standard InChI is InChI=1S/C24H31N5O5.ClH/c1-33-22(31)19(13-8-14-27-23(25)26)28-21(30)20(15-17-9-4-2-5-10-17)29-24(32)34-16-18-11-6-3-7-12-18;/h2-7,9-12,19-20H,8,13-16H2,1H3,(H,28,30)(H,29,32)(H4,25,26,27);1H. The highest BCUT2D eigenvalue weighted by atomic mass is 35.5. The van der Waals surface area contributed by atoms with Gasteiger partial charge in [-0.05, 0) is 24.0 Å². The number of hydrogen-bond donors (Lipinski definition) is 4. The number of rotatable bonds is 12. The van der Waals surface area contributed by atoms with Crippen molar-refractivity contribution in [3.63, 3.8) is 0 Å². The second-order valence-corrected chi connectivity index (χ2v) is 7.48. The summed E-state index contributed by atoms with van der Waals surface area (Å²) >= 11 is 0. The Kier molecular flexibility index (Phi) is 13.3. The van der Waals surface area contributed by atoms with Gasteiger partial charge in [-0.15, -0.1) is 12.4 Å². The molecule has 0 saturated heterocycles. The van der Waals surface area contributed by atoms with E-state index in [0.29, 0.717) is 13.0 Å². The molecule has 0 bridgehead atoms. The van der Waals surface area contributed by atoms with E-state index in [4.69, 9.17) is 20.9 Å². The Morgan fingerprint density at radius 1 is 0.914 bits per heavy atom. The summed E-state index contributed by atoms with van der Waals surface area (Å²) in [5.74, 6) is -1.21. The number of esters is 1. The summed E-state index contributed by atoms with van der Waals surface area (Å²) < 4.78 is 10.1. The zero-order valence-corrected chi connectivity index (χ0v) is 20.3. The molecule has 2 aromatic carbocycles. The number of nitrogens with one attached hydrogen (secondary N) is 2. The number of aliphatic imine (C=N–C) groups is 1. The van der Waals surface area contributed by atoms with Gasteiger partial charge < -0.3 is 31.6 Å². The number of ether oxygens (including phenoxy) is 2. The molecule has 11 heteroatoms. The monoisotopic (exact) mass is 505 g/mol. The molecule has 0 saturated carbocycles. The SMILES string of the molecule is COC(=O)C(CCCN=C(N)N)NC(=O)C(Cc1ccccc1)NC(=O)OCc1ccccc1.Cl. The van der Waals surface area contributed by atoms with Crippen LogP contribution in [0.25, 0.3) is 0 Å². The molecular weight excluding hydrogens is 474 g/mol. The molecule has 0 fully saturated rings. The maximum absolute atomic E-state index is 13.1. The molecule has 2 aromatic rings. The second-order valence-electron chi connectivity index (χ2n) is 7.48. The largest absolute Gasteiger partial charge is 0.467 e. The number of carbonyl (C=O) groups excluding carboxylic acids is 3. The summed E-state index contributed by atoms with van der Waals surface area (Å²) in [4.78, 5) is 41.6. The van der Waals surface area contributed by atoms with E-state index < -0.39 is 30.1 Å². The van der Waals surface area contributed by atoms with Crippen LogP contribution in [0, 0.1) is 0 Å². The summed E-state index contributed by atoms with van der Waals surface area (Å²) in [6.45, 7) is 0.352. The van der Waals surface area contributed by atoms with E-state index >= 15 is 0 Å². The normalized spacial score (nSPS) is 11.7. The molecule has 0 radical (unpaired) electrons. The van der Waals surface area contributed by atoms with Crippen molar-refractivity contribution in [3.8, 4) is 0 Å². The molecule has 0 aromatic heterocycles. The van der Waals surface area contributed by atoms with Gasteiger partial charge in [0.2, 0.25) is 5.91 Å². The van der Waals surface area contributed by atoms with E-state index in [-0.39, 0.29) is 37.8 Å². The molecule has 0 aliphatic carbocycles. The van der Waals surface area contributed by atoms with Gasteiger partial charge >= 0.3 is 12.1 Å². The van der Waals surface area contributed by atoms with Crippen LogP contribution in [0.5, 0.6) is 0 Å². The van der Waals surface area contributed by atoms with Crippen LogP contribution >= 0.6 is 12.4 Å². The van der Waals surface area contributed by atoms with Gasteiger partial charge in [0.25, 0.3) is 0 Å². The van der Waals surface area contributed by atoms with Gasteiger partial charge in [0, 0.05) is 13.0 Å². The van der Waals surface area contributed by atoms with Crippen LogP contribution in [-0.4, -0.2) is 49.7 Å². The van der Waals surface area contributed by atoms with Crippen LogP contribution < -0.4 is 22.1 Å². The van der Waals surface area contributed by atoms with Crippen molar-refractivity contribution in [2.24, 2.45) is 16.5 Å². The Morgan fingerprint density at radius 2 is 1.51 bits per heavy atom. The predicted octanol–water partition coefficient (Wildman–Crippen LogP) is 1.66. The van der Waals surface area contributed by atoms with E-state index in [1.165, 1.54) is 7.11 Å². The van der Waals surface area contributed by atoms with Crippen molar-refractivity contribution in [1.29, 1.82) is 0 Å². The first-order valence-electron chi connectivity index (χ1n) is 10.8. The maximum atomic E-state index is 13.1. The first-order valence-corrected chi connectivity index (χ1v) is 10.8. The first kappa shape index (κ1) is 29.2. The third-order valence-corrected chi connectivity index (χ3v) is 4.85. The number of benzene rings is 2. The minimum absolute atomic E-state index is 0. The third kappa shape index (κ3) is 11.3. The van der Waals surface area contributed by atoms with Crippen LogP contribution in [-0.2, 0) is 32.1 Å². The lowest BCUT2D eigenvalue weighted by Crippen LogP contribution is -2.52. The average Bonchev–Trinajstić information content (AvgIpc) is 2.84. The van der Waals surface area contributed by atoms with Crippen LogP contribution in [0.1, 0.15) is 24.0 Å². The molecule has 2 rings (SSSR count). The van der Waals surface area contributed by atoms with Crippen LogP contribution in [0.2, 0.25) is 0 Å². The number of halogens is 1. The molecule has 2 atom stereocenters. The Morgan fingerprint density at radius 3 is 2.09 bits per heavy atom. The molecule has 6 N–H and O–H groups in total. The van der Waals surface area contributed by atoms with Crippen molar-refractivity contribution in [1.82, 2.24) is 10.6 Å². The molecule has 2 amide bonds. The molecule has 0 spiro atoms. The smallest absolute Gasteiger partial charge is 0.408 e. The van der Waals surface area contributed by atoms with Crippen molar-refractivity contribution in [3.05, 3.63) is 71.8 Å². The molecule has 190 valence electrons. The fraction of sp³-hybridized carbons (Fsp3) is 0.333. The molecule has 10 nitrogen and oxygen atoms in total. The van der Waals surface area contributed by atoms with Gasteiger partial charge in [-0.25, -0.2) is 9.59 Å². The Hall–Kier alpha value is -3.79. The Bertz CT molecular complexity index is 955. The maximum Gasteiger partial charge on any atom is 0.408 e. The van der Waals surface area contributed by atoms with Gasteiger partial charge in [-0.2, -0.15) is 0 Å². The van der Waals surface area contributed by atoms with Crippen LogP contribution in [0.3, 0.4) is 0 Å². The number of amides is 2. The number of carbonyl (C=O) groups is 3. The molecule has 0 heterocycles. The quantitative estimate of drug-likeness (QED) is 0.148. The fourth-order valence-electron chi connectivity index (χ4n) is 3.13. The second kappa shape index (κ2) is 15.9. The number of methoxy groups -OCH3 is 1. The highest BCUT2D eigenvalue weighted by molar-refractivity contribution is 5.89. The topological polar surface area (TPSA) is 158 Å². The minimum atomic E-state index is -0.976. The summed E-state index contributed by atoms with van der Waals surface area (Å²) in [5.41, 5.74) is 12.3. The summed E-state index contributed by atoms with van der Waals surface area (Å²) in [6.07, 6.45) is 0.150. The van der Waals surface area contributed by atoms with Crippen molar-refractivity contribution < 1.29 is 23.9 Å². The van der Waals surface area contributed by atoms with Gasteiger partial charge in [-0.3, -0.25) is 9.79 Å². The van der Waals surface area contributed by atoms with E-state index in [0.717, 1.165) is 11.1 Å².